The number of sulfone groups is 1. The third kappa shape index (κ3) is 4.77. The fourth-order valence-corrected chi connectivity index (χ4v) is 3.45. The van der Waals surface area contributed by atoms with E-state index in [-0.39, 0.29) is 11.0 Å². The molecule has 7 heteroatoms. The summed E-state index contributed by atoms with van der Waals surface area (Å²) in [5.41, 5.74) is 3.64. The van der Waals surface area contributed by atoms with Crippen LogP contribution in [0.1, 0.15) is 11.7 Å². The van der Waals surface area contributed by atoms with Gasteiger partial charge in [-0.05, 0) is 48.0 Å². The molecular formula is C22H19NO5S. The topological polar surface area (TPSA) is 73.9 Å². The molecule has 0 saturated heterocycles. The molecule has 1 aliphatic heterocycles. The summed E-state index contributed by atoms with van der Waals surface area (Å²) in [5.74, 6) is 2.29. The van der Waals surface area contributed by atoms with Gasteiger partial charge in [-0.3, -0.25) is 4.84 Å². The molecule has 29 heavy (non-hydrogen) atoms. The van der Waals surface area contributed by atoms with Crippen LogP contribution in [0.3, 0.4) is 0 Å². The van der Waals surface area contributed by atoms with E-state index in [0.29, 0.717) is 11.6 Å². The fourth-order valence-electron chi connectivity index (χ4n) is 2.79. The van der Waals surface area contributed by atoms with Gasteiger partial charge in [-0.2, -0.15) is 0 Å². The molecule has 3 aromatic rings. The zero-order valence-electron chi connectivity index (χ0n) is 15.6. The van der Waals surface area contributed by atoms with Crippen LogP contribution in [-0.2, 0) is 14.7 Å². The Balaban J connectivity index is 1.43. The Morgan fingerprint density at radius 3 is 2.24 bits per heavy atom. The van der Waals surface area contributed by atoms with Crippen LogP contribution in [0.5, 0.6) is 17.2 Å². The second-order valence-electron chi connectivity index (χ2n) is 6.50. The highest BCUT2D eigenvalue weighted by Crippen LogP contribution is 2.29. The molecule has 0 radical (unpaired) electrons. The summed E-state index contributed by atoms with van der Waals surface area (Å²) in [7, 11) is -3.30. The quantitative estimate of drug-likeness (QED) is 0.651. The maximum atomic E-state index is 11.7. The van der Waals surface area contributed by atoms with Crippen molar-refractivity contribution in [3.63, 3.8) is 0 Å². The molecule has 4 rings (SSSR count). The van der Waals surface area contributed by atoms with Crippen molar-refractivity contribution in [2.45, 2.75) is 11.0 Å². The monoisotopic (exact) mass is 409 g/mol. The van der Waals surface area contributed by atoms with Crippen LogP contribution < -0.4 is 15.0 Å². The van der Waals surface area contributed by atoms with Gasteiger partial charge in [0.2, 0.25) is 5.88 Å². The summed E-state index contributed by atoms with van der Waals surface area (Å²) in [5, 5.41) is 0. The molecular weight excluding hydrogens is 390 g/mol. The van der Waals surface area contributed by atoms with Crippen molar-refractivity contribution in [2.75, 3.05) is 6.26 Å². The first-order valence-corrected chi connectivity index (χ1v) is 10.8. The number of nitrogens with one attached hydrogen (secondary N) is 1. The Morgan fingerprint density at radius 1 is 0.828 bits per heavy atom. The number of ether oxygens (including phenoxy) is 2. The van der Waals surface area contributed by atoms with Crippen molar-refractivity contribution in [1.82, 2.24) is 5.48 Å². The molecule has 0 amide bonds. The van der Waals surface area contributed by atoms with Crippen LogP contribution in [0.25, 0.3) is 0 Å². The number of hydrogen-bond acceptors (Lipinski definition) is 6. The predicted molar refractivity (Wildman–Crippen MR) is 108 cm³/mol. The molecule has 0 saturated carbocycles. The summed E-state index contributed by atoms with van der Waals surface area (Å²) >= 11 is 0. The van der Waals surface area contributed by atoms with Crippen LogP contribution >= 0.6 is 0 Å². The van der Waals surface area contributed by atoms with Crippen molar-refractivity contribution < 1.29 is 22.7 Å². The largest absolute Gasteiger partial charge is 0.457 e. The van der Waals surface area contributed by atoms with Crippen molar-refractivity contribution >= 4 is 9.84 Å². The van der Waals surface area contributed by atoms with E-state index in [4.69, 9.17) is 14.3 Å². The van der Waals surface area contributed by atoms with E-state index >= 15 is 0 Å². The SMILES string of the molecule is CS(=O)(=O)c1cccc(OC2=C[C@H](c3ccc(Oc4ccccc4)cc3)ON2)c1. The van der Waals surface area contributed by atoms with E-state index < -0.39 is 9.84 Å². The lowest BCUT2D eigenvalue weighted by molar-refractivity contribution is 0.0273. The Kier molecular flexibility index (Phi) is 5.24. The van der Waals surface area contributed by atoms with Crippen molar-refractivity contribution in [3.8, 4) is 17.2 Å². The summed E-state index contributed by atoms with van der Waals surface area (Å²) < 4.78 is 34.9. The maximum absolute atomic E-state index is 11.7. The number of rotatable bonds is 6. The Hall–Kier alpha value is -3.29. The molecule has 0 spiro atoms. The van der Waals surface area contributed by atoms with Crippen molar-refractivity contribution in [3.05, 3.63) is 96.4 Å². The summed E-state index contributed by atoms with van der Waals surface area (Å²) in [6, 6.07) is 23.4. The first-order chi connectivity index (χ1) is 14.0. The zero-order valence-corrected chi connectivity index (χ0v) is 16.4. The highest BCUT2D eigenvalue weighted by Gasteiger charge is 2.20. The molecule has 0 unspecified atom stereocenters. The number of benzene rings is 3. The molecule has 0 fully saturated rings. The predicted octanol–water partition coefficient (Wildman–Crippen LogP) is 4.38. The highest BCUT2D eigenvalue weighted by molar-refractivity contribution is 7.90. The van der Waals surface area contributed by atoms with Crippen molar-refractivity contribution in [2.24, 2.45) is 0 Å². The van der Waals surface area contributed by atoms with Crippen LogP contribution in [0.2, 0.25) is 0 Å². The maximum Gasteiger partial charge on any atom is 0.216 e. The summed E-state index contributed by atoms with van der Waals surface area (Å²) in [6.07, 6.45) is 2.60. The van der Waals surface area contributed by atoms with Gasteiger partial charge in [0.25, 0.3) is 0 Å². The standard InChI is InChI=1S/C22H19NO5S/c1-29(24,25)20-9-5-8-19(14-20)27-22-15-21(28-23-22)16-10-12-18(13-11-16)26-17-6-3-2-4-7-17/h2-15,21,23H,1H3/t21-/m1/s1. The smallest absolute Gasteiger partial charge is 0.216 e. The van der Waals surface area contributed by atoms with Gasteiger partial charge >= 0.3 is 0 Å². The second-order valence-corrected chi connectivity index (χ2v) is 8.52. The zero-order chi connectivity index (χ0) is 20.3. The van der Waals surface area contributed by atoms with Gasteiger partial charge in [-0.15, -0.1) is 0 Å². The Labute approximate surface area is 169 Å². The summed E-state index contributed by atoms with van der Waals surface area (Å²) in [6.45, 7) is 0. The van der Waals surface area contributed by atoms with Gasteiger partial charge in [-0.1, -0.05) is 36.4 Å². The van der Waals surface area contributed by atoms with Gasteiger partial charge in [0.05, 0.1) is 4.90 Å². The van der Waals surface area contributed by atoms with Crippen LogP contribution in [-0.4, -0.2) is 14.7 Å². The molecule has 1 heterocycles. The van der Waals surface area contributed by atoms with E-state index in [1.54, 1.807) is 18.2 Å². The Morgan fingerprint density at radius 2 is 1.52 bits per heavy atom. The van der Waals surface area contributed by atoms with E-state index in [0.717, 1.165) is 23.3 Å². The minimum Gasteiger partial charge on any atom is -0.457 e. The second kappa shape index (κ2) is 7.98. The first-order valence-electron chi connectivity index (χ1n) is 8.92. The third-order valence-corrected chi connectivity index (χ3v) is 5.35. The molecule has 148 valence electrons. The van der Waals surface area contributed by atoms with Crippen molar-refractivity contribution in [1.29, 1.82) is 0 Å². The number of para-hydroxylation sites is 1. The first kappa shape index (κ1) is 19.0. The number of hydroxylamine groups is 1. The molecule has 1 N–H and O–H groups in total. The molecule has 1 aliphatic rings. The molecule has 0 aliphatic carbocycles. The molecule has 3 aromatic carbocycles. The fraction of sp³-hybridized carbons (Fsp3) is 0.0909. The molecule has 1 atom stereocenters. The third-order valence-electron chi connectivity index (χ3n) is 4.24. The summed E-state index contributed by atoms with van der Waals surface area (Å²) in [4.78, 5) is 5.75. The minimum absolute atomic E-state index is 0.195. The van der Waals surface area contributed by atoms with Gasteiger partial charge < -0.3 is 9.47 Å². The normalized spacial score (nSPS) is 16.0. The van der Waals surface area contributed by atoms with Gasteiger partial charge in [0.1, 0.15) is 23.4 Å². The lowest BCUT2D eigenvalue weighted by Gasteiger charge is -2.09. The van der Waals surface area contributed by atoms with E-state index in [2.05, 4.69) is 5.48 Å². The minimum atomic E-state index is -3.30. The van der Waals surface area contributed by atoms with Gasteiger partial charge in [-0.25, -0.2) is 13.9 Å². The lowest BCUT2D eigenvalue weighted by atomic mass is 10.1. The van der Waals surface area contributed by atoms with Crippen LogP contribution in [0, 0.1) is 0 Å². The van der Waals surface area contributed by atoms with E-state index in [1.807, 2.05) is 54.6 Å². The van der Waals surface area contributed by atoms with E-state index in [1.165, 1.54) is 12.1 Å². The molecule has 0 aromatic heterocycles. The molecule has 6 nitrogen and oxygen atoms in total. The molecule has 0 bridgehead atoms. The van der Waals surface area contributed by atoms with Crippen LogP contribution in [0.15, 0.2) is 95.7 Å². The van der Waals surface area contributed by atoms with E-state index in [9.17, 15) is 8.42 Å². The number of hydrogen-bond donors (Lipinski definition) is 1. The van der Waals surface area contributed by atoms with Crippen LogP contribution in [0.4, 0.5) is 0 Å². The van der Waals surface area contributed by atoms with Gasteiger partial charge in [0, 0.05) is 12.3 Å². The van der Waals surface area contributed by atoms with Gasteiger partial charge in [0.15, 0.2) is 9.84 Å². The Bertz CT molecular complexity index is 1130. The average molecular weight is 409 g/mol. The lowest BCUT2D eigenvalue weighted by Crippen LogP contribution is -2.12. The highest BCUT2D eigenvalue weighted by atomic mass is 32.2. The average Bonchev–Trinajstić information content (AvgIpc) is 3.17.